The van der Waals surface area contributed by atoms with E-state index in [1.807, 2.05) is 36.9 Å². The minimum absolute atomic E-state index is 0.177. The summed E-state index contributed by atoms with van der Waals surface area (Å²) in [6, 6.07) is 8.23. The van der Waals surface area contributed by atoms with Gasteiger partial charge in [0.15, 0.2) is 5.75 Å². The monoisotopic (exact) mass is 216 g/mol. The molecule has 0 unspecified atom stereocenters. The maximum Gasteiger partial charge on any atom is 0.158 e. The normalized spacial score (nSPS) is 10.8. The van der Waals surface area contributed by atoms with Gasteiger partial charge < -0.3 is 4.74 Å². The summed E-state index contributed by atoms with van der Waals surface area (Å²) < 4.78 is 7.37. The van der Waals surface area contributed by atoms with E-state index < -0.39 is 0 Å². The molecule has 0 spiro atoms. The second kappa shape index (κ2) is 4.39. The average Bonchev–Trinajstić information content (AvgIpc) is 2.66. The van der Waals surface area contributed by atoms with Gasteiger partial charge in [-0.1, -0.05) is 17.7 Å². The smallest absolute Gasteiger partial charge is 0.158 e. The van der Waals surface area contributed by atoms with Gasteiger partial charge in [-0.25, -0.2) is 4.68 Å². The molecule has 84 valence electrons. The van der Waals surface area contributed by atoms with Gasteiger partial charge in [0.05, 0.1) is 24.2 Å². The van der Waals surface area contributed by atoms with E-state index in [0.29, 0.717) is 0 Å². The standard InChI is InChI=1S/C13H16N2O/c1-10(2)16-13-8-14-15(9-13)12-6-4-11(3)5-7-12/h4-10H,1-3H3. The summed E-state index contributed by atoms with van der Waals surface area (Å²) in [5, 5.41) is 4.26. The third-order valence-electron chi connectivity index (χ3n) is 2.23. The summed E-state index contributed by atoms with van der Waals surface area (Å²) in [4.78, 5) is 0. The zero-order valence-corrected chi connectivity index (χ0v) is 9.84. The molecule has 3 nitrogen and oxygen atoms in total. The van der Waals surface area contributed by atoms with Crippen molar-refractivity contribution in [1.29, 1.82) is 0 Å². The second-order valence-electron chi connectivity index (χ2n) is 4.12. The van der Waals surface area contributed by atoms with Crippen LogP contribution in [0, 0.1) is 6.92 Å². The minimum atomic E-state index is 0.177. The number of benzene rings is 1. The van der Waals surface area contributed by atoms with Crippen molar-refractivity contribution in [3.63, 3.8) is 0 Å². The van der Waals surface area contributed by atoms with Crippen LogP contribution in [0.15, 0.2) is 36.7 Å². The Morgan fingerprint density at radius 2 is 1.88 bits per heavy atom. The first-order valence-electron chi connectivity index (χ1n) is 5.43. The molecule has 0 bridgehead atoms. The first-order valence-corrected chi connectivity index (χ1v) is 5.43. The highest BCUT2D eigenvalue weighted by molar-refractivity contribution is 5.34. The van der Waals surface area contributed by atoms with E-state index in [4.69, 9.17) is 4.74 Å². The topological polar surface area (TPSA) is 27.1 Å². The Hall–Kier alpha value is -1.77. The fourth-order valence-electron chi connectivity index (χ4n) is 1.48. The molecule has 1 aromatic heterocycles. The molecule has 0 aliphatic heterocycles. The second-order valence-corrected chi connectivity index (χ2v) is 4.12. The van der Waals surface area contributed by atoms with Crippen LogP contribution in [0.3, 0.4) is 0 Å². The van der Waals surface area contributed by atoms with Crippen molar-refractivity contribution in [2.45, 2.75) is 26.9 Å². The predicted octanol–water partition coefficient (Wildman–Crippen LogP) is 2.97. The molecule has 0 saturated carbocycles. The zero-order valence-electron chi connectivity index (χ0n) is 9.84. The summed E-state index contributed by atoms with van der Waals surface area (Å²) in [6.45, 7) is 6.08. The molecule has 0 atom stereocenters. The third kappa shape index (κ3) is 2.42. The van der Waals surface area contributed by atoms with Crippen LogP contribution >= 0.6 is 0 Å². The molecule has 16 heavy (non-hydrogen) atoms. The third-order valence-corrected chi connectivity index (χ3v) is 2.23. The number of aromatic nitrogens is 2. The van der Waals surface area contributed by atoms with Gasteiger partial charge in [0.2, 0.25) is 0 Å². The molecule has 0 radical (unpaired) electrons. The summed E-state index contributed by atoms with van der Waals surface area (Å²) in [5.41, 5.74) is 2.29. The summed E-state index contributed by atoms with van der Waals surface area (Å²) >= 11 is 0. The molecule has 0 saturated heterocycles. The SMILES string of the molecule is Cc1ccc(-n2cc(OC(C)C)cn2)cc1. The van der Waals surface area contributed by atoms with Crippen LogP contribution < -0.4 is 4.74 Å². The van der Waals surface area contributed by atoms with Crippen molar-refractivity contribution >= 4 is 0 Å². The molecule has 1 heterocycles. The van der Waals surface area contributed by atoms with Crippen LogP contribution in [0.4, 0.5) is 0 Å². The lowest BCUT2D eigenvalue weighted by atomic mass is 10.2. The molecule has 2 rings (SSSR count). The Labute approximate surface area is 95.7 Å². The molecule has 2 aromatic rings. The highest BCUT2D eigenvalue weighted by Gasteiger charge is 2.02. The summed E-state index contributed by atoms with van der Waals surface area (Å²) in [6.07, 6.45) is 3.81. The average molecular weight is 216 g/mol. The molecule has 0 N–H and O–H groups in total. The zero-order chi connectivity index (χ0) is 11.5. The number of aryl methyl sites for hydroxylation is 1. The molecule has 3 heteroatoms. The van der Waals surface area contributed by atoms with E-state index in [0.717, 1.165) is 11.4 Å². The van der Waals surface area contributed by atoms with Crippen molar-refractivity contribution in [3.05, 3.63) is 42.2 Å². The van der Waals surface area contributed by atoms with Crippen molar-refractivity contribution in [2.24, 2.45) is 0 Å². The molecule has 0 aliphatic carbocycles. The van der Waals surface area contributed by atoms with Crippen molar-refractivity contribution in [1.82, 2.24) is 9.78 Å². The molecular weight excluding hydrogens is 200 g/mol. The van der Waals surface area contributed by atoms with Gasteiger partial charge >= 0.3 is 0 Å². The molecule has 1 aromatic carbocycles. The quantitative estimate of drug-likeness (QED) is 0.788. The Kier molecular flexibility index (Phi) is 2.95. The fourth-order valence-corrected chi connectivity index (χ4v) is 1.48. The van der Waals surface area contributed by atoms with Crippen molar-refractivity contribution in [3.8, 4) is 11.4 Å². The van der Waals surface area contributed by atoms with E-state index in [1.165, 1.54) is 5.56 Å². The Balaban J connectivity index is 2.21. The van der Waals surface area contributed by atoms with E-state index >= 15 is 0 Å². The number of ether oxygens (including phenoxy) is 1. The maximum absolute atomic E-state index is 5.56. The summed E-state index contributed by atoms with van der Waals surface area (Å²) in [5.74, 6) is 0.801. The van der Waals surface area contributed by atoms with Crippen LogP contribution in [0.1, 0.15) is 19.4 Å². The van der Waals surface area contributed by atoms with E-state index in [-0.39, 0.29) is 6.10 Å². The van der Waals surface area contributed by atoms with Crippen LogP contribution in [0.5, 0.6) is 5.75 Å². The Bertz CT molecular complexity index is 457. The fraction of sp³-hybridized carbons (Fsp3) is 0.308. The van der Waals surface area contributed by atoms with Crippen LogP contribution in [-0.2, 0) is 0 Å². The van der Waals surface area contributed by atoms with Crippen LogP contribution in [0.2, 0.25) is 0 Å². The van der Waals surface area contributed by atoms with Gasteiger partial charge in [-0.05, 0) is 32.9 Å². The molecule has 0 amide bonds. The highest BCUT2D eigenvalue weighted by Crippen LogP contribution is 2.15. The van der Waals surface area contributed by atoms with Crippen LogP contribution in [0.25, 0.3) is 5.69 Å². The van der Waals surface area contributed by atoms with Crippen molar-refractivity contribution in [2.75, 3.05) is 0 Å². The number of rotatable bonds is 3. The van der Waals surface area contributed by atoms with Gasteiger partial charge in [0.1, 0.15) is 0 Å². The lowest BCUT2D eigenvalue weighted by Crippen LogP contribution is -2.04. The maximum atomic E-state index is 5.56. The van der Waals surface area contributed by atoms with Crippen molar-refractivity contribution < 1.29 is 4.74 Å². The van der Waals surface area contributed by atoms with Gasteiger partial charge in [-0.15, -0.1) is 0 Å². The minimum Gasteiger partial charge on any atom is -0.488 e. The van der Waals surface area contributed by atoms with E-state index in [1.54, 1.807) is 6.20 Å². The number of hydrogen-bond donors (Lipinski definition) is 0. The molecule has 0 fully saturated rings. The Morgan fingerprint density at radius 3 is 2.50 bits per heavy atom. The highest BCUT2D eigenvalue weighted by atomic mass is 16.5. The largest absolute Gasteiger partial charge is 0.488 e. The van der Waals surface area contributed by atoms with Gasteiger partial charge in [0.25, 0.3) is 0 Å². The van der Waals surface area contributed by atoms with Gasteiger partial charge in [0, 0.05) is 0 Å². The van der Waals surface area contributed by atoms with E-state index in [9.17, 15) is 0 Å². The Morgan fingerprint density at radius 1 is 1.19 bits per heavy atom. The lowest BCUT2D eigenvalue weighted by molar-refractivity contribution is 0.242. The molecule has 0 aliphatic rings. The van der Waals surface area contributed by atoms with Gasteiger partial charge in [-0.2, -0.15) is 5.10 Å². The predicted molar refractivity (Wildman–Crippen MR) is 64.1 cm³/mol. The first-order chi connectivity index (χ1) is 7.65. The first kappa shape index (κ1) is 10.7. The molecular formula is C13H16N2O. The lowest BCUT2D eigenvalue weighted by Gasteiger charge is -2.05. The van der Waals surface area contributed by atoms with Crippen LogP contribution in [-0.4, -0.2) is 15.9 Å². The van der Waals surface area contributed by atoms with Gasteiger partial charge in [-0.3, -0.25) is 0 Å². The number of nitrogens with zero attached hydrogens (tertiary/aromatic N) is 2. The summed E-state index contributed by atoms with van der Waals surface area (Å²) in [7, 11) is 0. The van der Waals surface area contributed by atoms with E-state index in [2.05, 4.69) is 24.2 Å². The number of hydrogen-bond acceptors (Lipinski definition) is 2.